The molecule has 3 rings (SSSR count). The van der Waals surface area contributed by atoms with E-state index < -0.39 is 0 Å². The van der Waals surface area contributed by atoms with Crippen molar-refractivity contribution < 1.29 is 14.6 Å². The lowest BCUT2D eigenvalue weighted by atomic mass is 10.2. The van der Waals surface area contributed by atoms with E-state index in [0.29, 0.717) is 12.3 Å². The quantitative estimate of drug-likeness (QED) is 0.467. The Kier molecular flexibility index (Phi) is 6.51. The van der Waals surface area contributed by atoms with Gasteiger partial charge in [-0.15, -0.1) is 11.3 Å². The van der Waals surface area contributed by atoms with Gasteiger partial charge in [0.1, 0.15) is 5.75 Å². The molecule has 3 aromatic rings. The van der Waals surface area contributed by atoms with E-state index in [-0.39, 0.29) is 5.75 Å². The second-order valence-corrected chi connectivity index (χ2v) is 7.23. The summed E-state index contributed by atoms with van der Waals surface area (Å²) in [7, 11) is 3.16. The molecule has 1 heterocycles. The number of aromatic hydroxyl groups is 1. The largest absolute Gasteiger partial charge is 0.504 e. The van der Waals surface area contributed by atoms with Gasteiger partial charge >= 0.3 is 0 Å². The Balaban J connectivity index is 2.05. The average Bonchev–Trinajstić information content (AvgIpc) is 3.14. The lowest BCUT2D eigenvalue weighted by molar-refractivity contribution is 0.373. The third-order valence-corrected chi connectivity index (χ3v) is 4.94. The molecule has 0 atom stereocenters. The summed E-state index contributed by atoms with van der Waals surface area (Å²) in [5.74, 6) is 1.28. The van der Waals surface area contributed by atoms with Crippen molar-refractivity contribution in [2.24, 2.45) is 10.1 Å². The molecule has 7 heteroatoms. The van der Waals surface area contributed by atoms with Gasteiger partial charge in [0.05, 0.1) is 32.7 Å². The average molecular weight is 410 g/mol. The molecule has 1 N–H and O–H groups in total. The number of hydrogen-bond donors (Lipinski definition) is 1. The van der Waals surface area contributed by atoms with Crippen LogP contribution in [-0.2, 0) is 0 Å². The normalized spacial score (nSPS) is 11.8. The van der Waals surface area contributed by atoms with Gasteiger partial charge in [0.2, 0.25) is 4.80 Å². The first-order valence-electron chi connectivity index (χ1n) is 8.93. The molecule has 0 radical (unpaired) electrons. The maximum absolute atomic E-state index is 9.78. The molecule has 0 bridgehead atoms. The van der Waals surface area contributed by atoms with Gasteiger partial charge in [-0.05, 0) is 55.0 Å². The minimum absolute atomic E-state index is 0.0869. The minimum atomic E-state index is 0.0869. The molecule has 0 fully saturated rings. The van der Waals surface area contributed by atoms with E-state index in [0.717, 1.165) is 32.9 Å². The molecule has 0 amide bonds. The van der Waals surface area contributed by atoms with Crippen molar-refractivity contribution in [2.45, 2.75) is 6.92 Å². The summed E-state index contributed by atoms with van der Waals surface area (Å²) < 4.78 is 12.2. The highest BCUT2D eigenvalue weighted by molar-refractivity contribution is 7.07. The molecule has 0 saturated carbocycles. The number of thiazole rings is 1. The van der Waals surface area contributed by atoms with Gasteiger partial charge in [0.15, 0.2) is 11.5 Å². The van der Waals surface area contributed by atoms with Crippen molar-refractivity contribution in [3.05, 3.63) is 70.4 Å². The number of phenolic OH excluding ortho intramolecular Hbond substituents is 1. The van der Waals surface area contributed by atoms with Crippen LogP contribution in [0.2, 0.25) is 0 Å². The number of benzene rings is 2. The summed E-state index contributed by atoms with van der Waals surface area (Å²) in [5, 5.41) is 16.5. The highest BCUT2D eigenvalue weighted by Gasteiger charge is 2.08. The van der Waals surface area contributed by atoms with Crippen molar-refractivity contribution >= 4 is 17.6 Å². The SMILES string of the molecule is C=C(C)CN=c1scc(-c2ccc(OC)cc2)n1N=Cc1ccc(O)c(OC)c1. The fraction of sp³-hybridized carbons (Fsp3) is 0.182. The van der Waals surface area contributed by atoms with Crippen LogP contribution in [0, 0.1) is 0 Å². The summed E-state index contributed by atoms with van der Waals surface area (Å²) in [6, 6.07) is 12.9. The first kappa shape index (κ1) is 20.4. The zero-order valence-corrected chi connectivity index (χ0v) is 17.4. The lowest BCUT2D eigenvalue weighted by Crippen LogP contribution is -2.13. The van der Waals surface area contributed by atoms with Crippen molar-refractivity contribution in [1.82, 2.24) is 4.68 Å². The Bertz CT molecular complexity index is 1100. The third-order valence-electron chi connectivity index (χ3n) is 4.08. The molecule has 0 saturated heterocycles. The number of phenols is 1. The van der Waals surface area contributed by atoms with Gasteiger partial charge in [-0.3, -0.25) is 4.99 Å². The second kappa shape index (κ2) is 9.25. The molecule has 1 aromatic heterocycles. The molecule has 0 spiro atoms. The Morgan fingerprint density at radius 2 is 1.93 bits per heavy atom. The number of nitrogens with zero attached hydrogens (tertiary/aromatic N) is 3. The van der Waals surface area contributed by atoms with Gasteiger partial charge in [-0.2, -0.15) is 5.10 Å². The summed E-state index contributed by atoms with van der Waals surface area (Å²) in [4.78, 5) is 5.39. The Labute approximate surface area is 173 Å². The smallest absolute Gasteiger partial charge is 0.206 e. The lowest BCUT2D eigenvalue weighted by Gasteiger charge is -2.06. The molecule has 0 aliphatic carbocycles. The van der Waals surface area contributed by atoms with Crippen LogP contribution in [0.1, 0.15) is 12.5 Å². The maximum atomic E-state index is 9.78. The van der Waals surface area contributed by atoms with Crippen LogP contribution in [0.5, 0.6) is 17.2 Å². The molecule has 0 unspecified atom stereocenters. The molecule has 150 valence electrons. The van der Waals surface area contributed by atoms with E-state index in [1.165, 1.54) is 18.4 Å². The number of hydrogen-bond acceptors (Lipinski definition) is 6. The van der Waals surface area contributed by atoms with Crippen LogP contribution in [0.15, 0.2) is 70.1 Å². The van der Waals surface area contributed by atoms with Crippen LogP contribution in [-0.4, -0.2) is 36.8 Å². The molecule has 0 aliphatic rings. The number of methoxy groups -OCH3 is 2. The summed E-state index contributed by atoms with van der Waals surface area (Å²) in [5.41, 5.74) is 3.69. The fourth-order valence-electron chi connectivity index (χ4n) is 2.58. The van der Waals surface area contributed by atoms with Crippen LogP contribution in [0.4, 0.5) is 0 Å². The van der Waals surface area contributed by atoms with Crippen molar-refractivity contribution in [3.63, 3.8) is 0 Å². The highest BCUT2D eigenvalue weighted by Crippen LogP contribution is 2.26. The van der Waals surface area contributed by atoms with E-state index in [1.807, 2.05) is 36.6 Å². The number of rotatable bonds is 7. The van der Waals surface area contributed by atoms with Gasteiger partial charge in [0.25, 0.3) is 0 Å². The molecule has 2 aromatic carbocycles. The standard InChI is InChI=1S/C22H23N3O3S/c1-15(2)12-23-22-25(24-13-16-5-10-20(26)21(11-16)28-4)19(14-29-22)17-6-8-18(27-3)9-7-17/h5-11,13-14,26H,1,12H2,2-4H3. The second-order valence-electron chi connectivity index (χ2n) is 6.39. The Hall–Kier alpha value is -3.32. The zero-order valence-electron chi connectivity index (χ0n) is 16.6. The van der Waals surface area contributed by atoms with E-state index in [2.05, 4.69) is 16.7 Å². The van der Waals surface area contributed by atoms with Crippen LogP contribution >= 0.6 is 11.3 Å². The molecular formula is C22H23N3O3S. The van der Waals surface area contributed by atoms with Crippen molar-refractivity contribution in [2.75, 3.05) is 20.8 Å². The molecule has 6 nitrogen and oxygen atoms in total. The topological polar surface area (TPSA) is 68.3 Å². The predicted molar refractivity (Wildman–Crippen MR) is 117 cm³/mol. The number of ether oxygens (including phenoxy) is 2. The van der Waals surface area contributed by atoms with E-state index >= 15 is 0 Å². The Morgan fingerprint density at radius 1 is 1.17 bits per heavy atom. The van der Waals surface area contributed by atoms with Gasteiger partial charge in [0, 0.05) is 10.9 Å². The van der Waals surface area contributed by atoms with Gasteiger partial charge in [-0.25, -0.2) is 4.68 Å². The number of aromatic nitrogens is 1. The minimum Gasteiger partial charge on any atom is -0.504 e. The first-order valence-corrected chi connectivity index (χ1v) is 9.81. The van der Waals surface area contributed by atoms with Crippen molar-refractivity contribution in [1.29, 1.82) is 0 Å². The molecule has 29 heavy (non-hydrogen) atoms. The highest BCUT2D eigenvalue weighted by atomic mass is 32.1. The van der Waals surface area contributed by atoms with Crippen LogP contribution in [0.3, 0.4) is 0 Å². The summed E-state index contributed by atoms with van der Waals surface area (Å²) >= 11 is 1.51. The molecule has 0 aliphatic heterocycles. The first-order chi connectivity index (χ1) is 14.0. The maximum Gasteiger partial charge on any atom is 0.206 e. The Morgan fingerprint density at radius 3 is 2.59 bits per heavy atom. The van der Waals surface area contributed by atoms with E-state index in [1.54, 1.807) is 36.2 Å². The van der Waals surface area contributed by atoms with E-state index in [9.17, 15) is 5.11 Å². The monoisotopic (exact) mass is 409 g/mol. The predicted octanol–water partition coefficient (Wildman–Crippen LogP) is 4.30. The summed E-state index contributed by atoms with van der Waals surface area (Å²) in [6.07, 6.45) is 1.71. The summed E-state index contributed by atoms with van der Waals surface area (Å²) in [6.45, 7) is 6.39. The van der Waals surface area contributed by atoms with Gasteiger partial charge in [-0.1, -0.05) is 12.2 Å². The van der Waals surface area contributed by atoms with E-state index in [4.69, 9.17) is 9.47 Å². The zero-order chi connectivity index (χ0) is 20.8. The van der Waals surface area contributed by atoms with Gasteiger partial charge < -0.3 is 14.6 Å². The van der Waals surface area contributed by atoms with Crippen LogP contribution in [0.25, 0.3) is 11.3 Å². The molecular weight excluding hydrogens is 386 g/mol. The fourth-order valence-corrected chi connectivity index (χ4v) is 3.42. The third kappa shape index (κ3) is 4.94. The van der Waals surface area contributed by atoms with Crippen LogP contribution < -0.4 is 14.3 Å². The van der Waals surface area contributed by atoms with Crippen molar-refractivity contribution in [3.8, 4) is 28.5 Å².